The summed E-state index contributed by atoms with van der Waals surface area (Å²) in [5, 5.41) is 0.687. The fraction of sp³-hybridized carbons (Fsp3) is 0. The van der Waals surface area contributed by atoms with Crippen LogP contribution < -0.4 is 4.74 Å². The molecule has 0 unspecified atom stereocenters. The number of fused-ring (bicyclic) bond motifs is 1. The maximum atomic E-state index is 5.72. The van der Waals surface area contributed by atoms with E-state index < -0.39 is 0 Å². The molecule has 2 aromatic carbocycles. The normalized spacial score (nSPS) is 10.6. The summed E-state index contributed by atoms with van der Waals surface area (Å²) < 4.78 is 8.06. The van der Waals surface area contributed by atoms with Gasteiger partial charge in [-0.15, -0.1) is 0 Å². The number of benzene rings is 2. The van der Waals surface area contributed by atoms with Crippen molar-refractivity contribution in [3.05, 3.63) is 52.1 Å². The minimum Gasteiger partial charge on any atom is -0.431 e. The third kappa shape index (κ3) is 2.42. The molecule has 3 aromatic rings. The first-order valence-corrected chi connectivity index (χ1v) is 7.00. The average Bonchev–Trinajstić information content (AvgIpc) is 2.74. The minimum absolute atomic E-state index is 0.687. The van der Waals surface area contributed by atoms with E-state index in [1.165, 1.54) is 3.57 Å². The summed E-state index contributed by atoms with van der Waals surface area (Å²) in [5.74, 6) is 0.824. The van der Waals surface area contributed by atoms with Gasteiger partial charge in [-0.1, -0.05) is 23.5 Å². The maximum Gasteiger partial charge on any atom is 0.279 e. The average molecular weight is 353 g/mol. The van der Waals surface area contributed by atoms with Gasteiger partial charge in [0, 0.05) is 3.57 Å². The first-order valence-electron chi connectivity index (χ1n) is 5.10. The van der Waals surface area contributed by atoms with Gasteiger partial charge >= 0.3 is 0 Å². The van der Waals surface area contributed by atoms with Crippen molar-refractivity contribution in [2.24, 2.45) is 0 Å². The molecular weight excluding hydrogens is 345 g/mol. The van der Waals surface area contributed by atoms with Crippen molar-refractivity contribution in [2.75, 3.05) is 0 Å². The van der Waals surface area contributed by atoms with E-state index in [0.717, 1.165) is 16.0 Å². The smallest absolute Gasteiger partial charge is 0.279 e. The van der Waals surface area contributed by atoms with Gasteiger partial charge in [-0.25, -0.2) is 4.98 Å². The highest BCUT2D eigenvalue weighted by atomic mass is 127. The van der Waals surface area contributed by atoms with E-state index in [4.69, 9.17) is 4.74 Å². The van der Waals surface area contributed by atoms with E-state index in [0.29, 0.717) is 5.19 Å². The summed E-state index contributed by atoms with van der Waals surface area (Å²) in [6.07, 6.45) is 0. The van der Waals surface area contributed by atoms with Crippen LogP contribution in [0.15, 0.2) is 48.5 Å². The van der Waals surface area contributed by atoms with Crippen LogP contribution in [0.25, 0.3) is 10.2 Å². The van der Waals surface area contributed by atoms with Gasteiger partial charge in [-0.05, 0) is 59.0 Å². The Bertz CT molecular complexity index is 615. The molecule has 0 saturated carbocycles. The first kappa shape index (κ1) is 11.0. The van der Waals surface area contributed by atoms with E-state index >= 15 is 0 Å². The lowest BCUT2D eigenvalue weighted by atomic mass is 10.3. The molecular formula is C13H8INOS. The highest BCUT2D eigenvalue weighted by Crippen LogP contribution is 2.31. The predicted molar refractivity (Wildman–Crippen MR) is 78.9 cm³/mol. The molecule has 0 spiro atoms. The van der Waals surface area contributed by atoms with Crippen LogP contribution in [0.4, 0.5) is 0 Å². The molecule has 0 amide bonds. The van der Waals surface area contributed by atoms with Crippen molar-refractivity contribution >= 4 is 44.1 Å². The fourth-order valence-electron chi connectivity index (χ4n) is 1.50. The summed E-state index contributed by atoms with van der Waals surface area (Å²) in [4.78, 5) is 4.42. The minimum atomic E-state index is 0.687. The maximum absolute atomic E-state index is 5.72. The molecule has 0 aliphatic carbocycles. The van der Waals surface area contributed by atoms with Crippen molar-refractivity contribution in [1.29, 1.82) is 0 Å². The number of rotatable bonds is 2. The summed E-state index contributed by atoms with van der Waals surface area (Å²) in [7, 11) is 0. The zero-order valence-corrected chi connectivity index (χ0v) is 11.7. The number of thiazole rings is 1. The molecule has 0 radical (unpaired) electrons. The van der Waals surface area contributed by atoms with Crippen LogP contribution in [0.2, 0.25) is 0 Å². The van der Waals surface area contributed by atoms with E-state index in [9.17, 15) is 0 Å². The number of halogens is 1. The van der Waals surface area contributed by atoms with E-state index in [1.54, 1.807) is 11.3 Å². The van der Waals surface area contributed by atoms with E-state index in [1.807, 2.05) is 48.5 Å². The van der Waals surface area contributed by atoms with Gasteiger partial charge in [0.25, 0.3) is 5.19 Å². The Balaban J connectivity index is 1.92. The standard InChI is InChI=1S/C13H8INOS/c14-9-5-7-10(8-6-9)16-13-15-11-3-1-2-4-12(11)17-13/h1-8H. The molecule has 0 saturated heterocycles. The number of aromatic nitrogens is 1. The Morgan fingerprint density at radius 1 is 1.00 bits per heavy atom. The van der Waals surface area contributed by atoms with Crippen molar-refractivity contribution in [3.8, 4) is 10.9 Å². The van der Waals surface area contributed by atoms with Crippen LogP contribution in [-0.2, 0) is 0 Å². The van der Waals surface area contributed by atoms with Gasteiger partial charge in [0.05, 0.1) is 10.2 Å². The summed E-state index contributed by atoms with van der Waals surface area (Å²) in [6.45, 7) is 0. The van der Waals surface area contributed by atoms with Crippen LogP contribution in [0.3, 0.4) is 0 Å². The van der Waals surface area contributed by atoms with Gasteiger partial charge in [0.15, 0.2) is 0 Å². The monoisotopic (exact) mass is 353 g/mol. The predicted octanol–water partition coefficient (Wildman–Crippen LogP) is 4.69. The molecule has 0 bridgehead atoms. The van der Waals surface area contributed by atoms with Crippen LogP contribution in [-0.4, -0.2) is 4.98 Å². The summed E-state index contributed by atoms with van der Waals surface area (Å²) in [6, 6.07) is 16.0. The van der Waals surface area contributed by atoms with E-state index in [-0.39, 0.29) is 0 Å². The Morgan fingerprint density at radius 2 is 1.76 bits per heavy atom. The fourth-order valence-corrected chi connectivity index (χ4v) is 2.69. The van der Waals surface area contributed by atoms with Crippen LogP contribution in [0.5, 0.6) is 10.9 Å². The van der Waals surface area contributed by atoms with Crippen LogP contribution in [0, 0.1) is 3.57 Å². The highest BCUT2D eigenvalue weighted by molar-refractivity contribution is 14.1. The molecule has 0 aliphatic rings. The molecule has 4 heteroatoms. The lowest BCUT2D eigenvalue weighted by Gasteiger charge is -2.00. The SMILES string of the molecule is Ic1ccc(Oc2nc3ccccc3s2)cc1. The second kappa shape index (κ2) is 4.62. The Labute approximate surface area is 116 Å². The second-order valence-corrected chi connectivity index (χ2v) is 5.74. The van der Waals surface area contributed by atoms with Crippen LogP contribution >= 0.6 is 33.9 Å². The summed E-state index contributed by atoms with van der Waals surface area (Å²) in [5.41, 5.74) is 0.984. The second-order valence-electron chi connectivity index (χ2n) is 3.50. The Kier molecular flexibility index (Phi) is 2.98. The Morgan fingerprint density at radius 3 is 2.53 bits per heavy atom. The van der Waals surface area contributed by atoms with Crippen molar-refractivity contribution in [1.82, 2.24) is 4.98 Å². The number of hydrogen-bond acceptors (Lipinski definition) is 3. The number of para-hydroxylation sites is 1. The van der Waals surface area contributed by atoms with Gasteiger partial charge in [0.1, 0.15) is 5.75 Å². The van der Waals surface area contributed by atoms with Gasteiger partial charge in [-0.3, -0.25) is 0 Å². The van der Waals surface area contributed by atoms with Crippen LogP contribution in [0.1, 0.15) is 0 Å². The van der Waals surface area contributed by atoms with Gasteiger partial charge in [0.2, 0.25) is 0 Å². The zero-order chi connectivity index (χ0) is 11.7. The zero-order valence-electron chi connectivity index (χ0n) is 8.76. The number of nitrogens with zero attached hydrogens (tertiary/aromatic N) is 1. The molecule has 1 heterocycles. The lowest BCUT2D eigenvalue weighted by Crippen LogP contribution is -1.82. The summed E-state index contributed by atoms with van der Waals surface area (Å²) >= 11 is 3.83. The van der Waals surface area contributed by atoms with Gasteiger partial charge < -0.3 is 4.74 Å². The quantitative estimate of drug-likeness (QED) is 0.624. The van der Waals surface area contributed by atoms with E-state index in [2.05, 4.69) is 27.6 Å². The highest BCUT2D eigenvalue weighted by Gasteiger charge is 2.04. The molecule has 2 nitrogen and oxygen atoms in total. The molecule has 3 rings (SSSR count). The molecule has 0 aliphatic heterocycles. The van der Waals surface area contributed by atoms with Crippen molar-refractivity contribution < 1.29 is 4.74 Å². The molecule has 84 valence electrons. The molecule has 17 heavy (non-hydrogen) atoms. The number of hydrogen-bond donors (Lipinski definition) is 0. The Hall–Kier alpha value is -1.14. The lowest BCUT2D eigenvalue weighted by molar-refractivity contribution is 0.480. The third-order valence-electron chi connectivity index (χ3n) is 2.29. The topological polar surface area (TPSA) is 22.1 Å². The molecule has 0 atom stereocenters. The largest absolute Gasteiger partial charge is 0.431 e. The van der Waals surface area contributed by atoms with Gasteiger partial charge in [-0.2, -0.15) is 0 Å². The molecule has 1 aromatic heterocycles. The number of ether oxygens (including phenoxy) is 1. The first-order chi connectivity index (χ1) is 8.31. The third-order valence-corrected chi connectivity index (χ3v) is 3.93. The molecule has 0 N–H and O–H groups in total. The van der Waals surface area contributed by atoms with Crippen molar-refractivity contribution in [3.63, 3.8) is 0 Å². The molecule has 0 fully saturated rings. The van der Waals surface area contributed by atoms with Crippen molar-refractivity contribution in [2.45, 2.75) is 0 Å².